The Kier molecular flexibility index (Phi) is 4.04. The van der Waals surface area contributed by atoms with Crippen molar-refractivity contribution in [2.24, 2.45) is 0 Å². The van der Waals surface area contributed by atoms with Crippen molar-refractivity contribution in [2.75, 3.05) is 4.90 Å². The molecule has 2 unspecified atom stereocenters. The van der Waals surface area contributed by atoms with E-state index in [-0.39, 0.29) is 17.2 Å². The molecule has 0 aliphatic carbocycles. The molecule has 0 spiro atoms. The molecule has 19 heavy (non-hydrogen) atoms. The van der Waals surface area contributed by atoms with Crippen LogP contribution in [-0.2, 0) is 6.61 Å². The molecule has 5 heteroatoms. The van der Waals surface area contributed by atoms with Gasteiger partial charge in [-0.05, 0) is 37.8 Å². The van der Waals surface area contributed by atoms with Gasteiger partial charge in [0.15, 0.2) is 0 Å². The Hall–Kier alpha value is -1.62. The van der Waals surface area contributed by atoms with E-state index in [1.165, 1.54) is 6.07 Å². The van der Waals surface area contributed by atoms with E-state index < -0.39 is 0 Å². The summed E-state index contributed by atoms with van der Waals surface area (Å²) in [5, 5.41) is 20.4. The largest absolute Gasteiger partial charge is 0.392 e. The zero-order chi connectivity index (χ0) is 14.0. The summed E-state index contributed by atoms with van der Waals surface area (Å²) in [5.41, 5.74) is 1.35. The zero-order valence-corrected chi connectivity index (χ0v) is 11.4. The second-order valence-corrected chi connectivity index (χ2v) is 5.13. The third kappa shape index (κ3) is 2.56. The molecule has 1 saturated heterocycles. The van der Waals surface area contributed by atoms with Gasteiger partial charge < -0.3 is 10.0 Å². The molecule has 1 aliphatic rings. The molecule has 1 aromatic rings. The summed E-state index contributed by atoms with van der Waals surface area (Å²) in [6.45, 7) is 4.05. The summed E-state index contributed by atoms with van der Waals surface area (Å²) >= 11 is 0. The number of benzene rings is 1. The topological polar surface area (TPSA) is 66.6 Å². The van der Waals surface area contributed by atoms with Crippen molar-refractivity contribution in [3.63, 3.8) is 0 Å². The molecule has 0 radical (unpaired) electrons. The third-order valence-corrected chi connectivity index (χ3v) is 3.95. The van der Waals surface area contributed by atoms with Crippen molar-refractivity contribution >= 4 is 11.4 Å². The molecular formula is C14H20N2O3. The van der Waals surface area contributed by atoms with Crippen molar-refractivity contribution in [1.29, 1.82) is 0 Å². The number of nitro groups is 1. The monoisotopic (exact) mass is 264 g/mol. The first-order valence-corrected chi connectivity index (χ1v) is 6.75. The quantitative estimate of drug-likeness (QED) is 0.670. The summed E-state index contributed by atoms with van der Waals surface area (Å²) in [7, 11) is 0. The Morgan fingerprint density at radius 1 is 1.47 bits per heavy atom. The van der Waals surface area contributed by atoms with Crippen molar-refractivity contribution in [3.8, 4) is 0 Å². The Bertz CT molecular complexity index is 476. The number of aliphatic hydroxyl groups excluding tert-OH is 1. The van der Waals surface area contributed by atoms with E-state index in [0.717, 1.165) is 19.3 Å². The summed E-state index contributed by atoms with van der Waals surface area (Å²) in [6.07, 6.45) is 3.14. The van der Waals surface area contributed by atoms with E-state index in [9.17, 15) is 10.1 Å². The van der Waals surface area contributed by atoms with Crippen LogP contribution in [0.1, 0.15) is 38.7 Å². The molecule has 0 aromatic heterocycles. The van der Waals surface area contributed by atoms with Gasteiger partial charge in [-0.15, -0.1) is 0 Å². The van der Waals surface area contributed by atoms with Crippen molar-refractivity contribution in [3.05, 3.63) is 33.9 Å². The van der Waals surface area contributed by atoms with E-state index in [2.05, 4.69) is 18.7 Å². The average Bonchev–Trinajstić information content (AvgIpc) is 2.78. The first-order valence-electron chi connectivity index (χ1n) is 6.75. The minimum absolute atomic E-state index is 0.0961. The molecule has 1 aliphatic heterocycles. The molecule has 1 fully saturated rings. The van der Waals surface area contributed by atoms with Gasteiger partial charge in [-0.2, -0.15) is 0 Å². The Balaban J connectivity index is 2.45. The number of nitro benzene ring substituents is 1. The fourth-order valence-electron chi connectivity index (χ4n) is 2.94. The minimum atomic E-state index is -0.355. The minimum Gasteiger partial charge on any atom is -0.392 e. The summed E-state index contributed by atoms with van der Waals surface area (Å²) in [6, 6.07) is 5.71. The number of rotatable bonds is 4. The molecule has 2 rings (SSSR count). The highest BCUT2D eigenvalue weighted by atomic mass is 16.6. The fraction of sp³-hybridized carbons (Fsp3) is 0.571. The SMILES string of the molecule is CCC1CCC(C)N1c1ccc(CO)cc1[N+](=O)[O-]. The molecule has 1 heterocycles. The van der Waals surface area contributed by atoms with Gasteiger partial charge in [0, 0.05) is 18.2 Å². The van der Waals surface area contributed by atoms with Gasteiger partial charge in [0.25, 0.3) is 5.69 Å². The van der Waals surface area contributed by atoms with Crippen LogP contribution in [0.2, 0.25) is 0 Å². The highest BCUT2D eigenvalue weighted by molar-refractivity contribution is 5.66. The van der Waals surface area contributed by atoms with E-state index in [4.69, 9.17) is 5.11 Å². The fourth-order valence-corrected chi connectivity index (χ4v) is 2.94. The Morgan fingerprint density at radius 3 is 2.79 bits per heavy atom. The van der Waals surface area contributed by atoms with Gasteiger partial charge in [-0.25, -0.2) is 0 Å². The van der Waals surface area contributed by atoms with Crippen LogP contribution in [0.4, 0.5) is 11.4 Å². The van der Waals surface area contributed by atoms with Crippen molar-refractivity contribution in [1.82, 2.24) is 0 Å². The number of hydrogen-bond acceptors (Lipinski definition) is 4. The molecule has 104 valence electrons. The molecule has 1 aromatic carbocycles. The predicted molar refractivity (Wildman–Crippen MR) is 74.3 cm³/mol. The predicted octanol–water partition coefficient (Wildman–Crippen LogP) is 2.85. The van der Waals surface area contributed by atoms with Crippen LogP contribution in [0.25, 0.3) is 0 Å². The second-order valence-electron chi connectivity index (χ2n) is 5.13. The molecule has 2 atom stereocenters. The van der Waals surface area contributed by atoms with Crippen LogP contribution in [0, 0.1) is 10.1 Å². The van der Waals surface area contributed by atoms with Crippen LogP contribution in [-0.4, -0.2) is 22.1 Å². The maximum atomic E-state index is 11.2. The standard InChI is InChI=1S/C14H20N2O3/c1-3-12-6-4-10(2)15(12)13-7-5-11(9-17)8-14(13)16(18)19/h5,7-8,10,12,17H,3-4,6,9H2,1-2H3. The number of nitrogens with zero attached hydrogens (tertiary/aromatic N) is 2. The van der Waals surface area contributed by atoms with Gasteiger partial charge >= 0.3 is 0 Å². The highest BCUT2D eigenvalue weighted by Gasteiger charge is 2.33. The summed E-state index contributed by atoms with van der Waals surface area (Å²) in [5.74, 6) is 0. The molecule has 5 nitrogen and oxygen atoms in total. The highest BCUT2D eigenvalue weighted by Crippen LogP contribution is 2.38. The van der Waals surface area contributed by atoms with Gasteiger partial charge in [-0.3, -0.25) is 10.1 Å². The van der Waals surface area contributed by atoms with E-state index in [1.54, 1.807) is 12.1 Å². The normalized spacial score (nSPS) is 22.8. The summed E-state index contributed by atoms with van der Waals surface area (Å²) in [4.78, 5) is 13.1. The second kappa shape index (κ2) is 5.57. The van der Waals surface area contributed by atoms with Crippen LogP contribution >= 0.6 is 0 Å². The van der Waals surface area contributed by atoms with Crippen LogP contribution in [0.15, 0.2) is 18.2 Å². The van der Waals surface area contributed by atoms with E-state index >= 15 is 0 Å². The van der Waals surface area contributed by atoms with Crippen LogP contribution < -0.4 is 4.90 Å². The zero-order valence-electron chi connectivity index (χ0n) is 11.4. The van der Waals surface area contributed by atoms with Crippen molar-refractivity contribution < 1.29 is 10.0 Å². The maximum absolute atomic E-state index is 11.2. The Morgan fingerprint density at radius 2 is 2.21 bits per heavy atom. The number of hydrogen-bond donors (Lipinski definition) is 1. The molecular weight excluding hydrogens is 244 g/mol. The van der Waals surface area contributed by atoms with Gasteiger partial charge in [0.05, 0.1) is 11.5 Å². The van der Waals surface area contributed by atoms with E-state index in [0.29, 0.717) is 23.3 Å². The lowest BCUT2D eigenvalue weighted by atomic mass is 10.1. The first kappa shape index (κ1) is 13.8. The molecule has 1 N–H and O–H groups in total. The van der Waals surface area contributed by atoms with Crippen LogP contribution in [0.3, 0.4) is 0 Å². The Labute approximate surface area is 113 Å². The lowest BCUT2D eigenvalue weighted by Crippen LogP contribution is -2.34. The third-order valence-electron chi connectivity index (χ3n) is 3.95. The first-order chi connectivity index (χ1) is 9.08. The summed E-state index contributed by atoms with van der Waals surface area (Å²) < 4.78 is 0. The molecule has 0 amide bonds. The van der Waals surface area contributed by atoms with Gasteiger partial charge in [0.1, 0.15) is 5.69 Å². The lowest BCUT2D eigenvalue weighted by molar-refractivity contribution is -0.384. The van der Waals surface area contributed by atoms with Gasteiger partial charge in [0.2, 0.25) is 0 Å². The van der Waals surface area contributed by atoms with Gasteiger partial charge in [-0.1, -0.05) is 13.0 Å². The van der Waals surface area contributed by atoms with Crippen molar-refractivity contribution in [2.45, 2.75) is 51.8 Å². The maximum Gasteiger partial charge on any atom is 0.292 e. The number of anilines is 1. The smallest absolute Gasteiger partial charge is 0.292 e. The average molecular weight is 264 g/mol. The van der Waals surface area contributed by atoms with Crippen LogP contribution in [0.5, 0.6) is 0 Å². The molecule has 0 saturated carbocycles. The number of aliphatic hydroxyl groups is 1. The lowest BCUT2D eigenvalue weighted by Gasteiger charge is -2.30. The molecule has 0 bridgehead atoms. The van der Waals surface area contributed by atoms with E-state index in [1.807, 2.05) is 0 Å².